The fraction of sp³-hybridized carbons (Fsp3) is 0.600. The maximum atomic E-state index is 11.0. The molecular weight excluding hydrogens is 196 g/mol. The molecule has 0 saturated carbocycles. The first-order chi connectivity index (χ1) is 5.96. The highest BCUT2D eigenvalue weighted by Gasteiger charge is 2.17. The summed E-state index contributed by atoms with van der Waals surface area (Å²) in [6.45, 7) is 2.09. The van der Waals surface area contributed by atoms with Crippen molar-refractivity contribution >= 4 is 10.0 Å². The van der Waals surface area contributed by atoms with Crippen molar-refractivity contribution in [2.75, 3.05) is 0 Å². The Morgan fingerprint density at radius 1 is 1.62 bits per heavy atom. The lowest BCUT2D eigenvalue weighted by molar-refractivity contribution is 0.552. The van der Waals surface area contributed by atoms with E-state index in [1.54, 1.807) is 0 Å². The van der Waals surface area contributed by atoms with Crippen LogP contribution in [0.4, 0.5) is 0 Å². The van der Waals surface area contributed by atoms with Crippen LogP contribution in [0.25, 0.3) is 0 Å². The number of sulfonamides is 1. The van der Waals surface area contributed by atoms with E-state index in [1.807, 2.05) is 12.0 Å². The van der Waals surface area contributed by atoms with Crippen molar-refractivity contribution in [1.82, 2.24) is 14.8 Å². The van der Waals surface area contributed by atoms with Gasteiger partial charge in [0, 0.05) is 6.54 Å². The molecule has 0 aliphatic rings. The van der Waals surface area contributed by atoms with E-state index in [4.69, 9.17) is 5.14 Å². The van der Waals surface area contributed by atoms with Crippen molar-refractivity contribution in [2.24, 2.45) is 5.14 Å². The zero-order chi connectivity index (χ0) is 10.1. The zero-order valence-corrected chi connectivity index (χ0v) is 7.84. The predicted octanol–water partition coefficient (Wildman–Crippen LogP) is -1.37. The van der Waals surface area contributed by atoms with Gasteiger partial charge in [0.25, 0.3) is 15.2 Å². The lowest BCUT2D eigenvalue weighted by atomic mass is 10.5. The molecular formula is C5H10N4O3S. The molecule has 74 valence electrons. The second-order valence-electron chi connectivity index (χ2n) is 2.51. The molecule has 1 aromatic rings. The highest BCUT2D eigenvalue weighted by atomic mass is 32.2. The van der Waals surface area contributed by atoms with Gasteiger partial charge in [-0.1, -0.05) is 6.92 Å². The Balaban J connectivity index is 3.32. The number of primary sulfonamides is 1. The Kier molecular flexibility index (Phi) is 2.52. The number of aromatic amines is 1. The summed E-state index contributed by atoms with van der Waals surface area (Å²) in [6.07, 6.45) is 0.627. The first-order valence-electron chi connectivity index (χ1n) is 3.65. The van der Waals surface area contributed by atoms with Crippen molar-refractivity contribution in [2.45, 2.75) is 25.0 Å². The van der Waals surface area contributed by atoms with Gasteiger partial charge in [0.15, 0.2) is 0 Å². The largest absolute Gasteiger partial charge is 0.344 e. The third kappa shape index (κ3) is 1.95. The number of nitrogens with zero attached hydrogens (tertiary/aromatic N) is 2. The van der Waals surface area contributed by atoms with E-state index in [2.05, 4.69) is 5.10 Å². The number of nitrogens with two attached hydrogens (primary N) is 1. The summed E-state index contributed by atoms with van der Waals surface area (Å²) < 4.78 is 22.8. The van der Waals surface area contributed by atoms with Crippen molar-refractivity contribution < 1.29 is 8.42 Å². The Labute approximate surface area is 74.6 Å². The van der Waals surface area contributed by atoms with Gasteiger partial charge in [-0.05, 0) is 6.42 Å². The van der Waals surface area contributed by atoms with Gasteiger partial charge in [-0.15, -0.1) is 5.10 Å². The van der Waals surface area contributed by atoms with Crippen LogP contribution in [0.3, 0.4) is 0 Å². The Bertz CT molecular complexity index is 443. The number of H-pyrrole nitrogens is 1. The van der Waals surface area contributed by atoms with Crippen LogP contribution in [0.2, 0.25) is 0 Å². The SMILES string of the molecule is CCCn1c(S(N)(=O)=O)n[nH]c1=O. The van der Waals surface area contributed by atoms with Crippen LogP contribution in [0.15, 0.2) is 9.95 Å². The van der Waals surface area contributed by atoms with Crippen LogP contribution in [-0.2, 0) is 16.6 Å². The first-order valence-corrected chi connectivity index (χ1v) is 5.19. The molecule has 0 spiro atoms. The minimum absolute atomic E-state index is 0.279. The van der Waals surface area contributed by atoms with E-state index in [9.17, 15) is 13.2 Å². The van der Waals surface area contributed by atoms with E-state index in [0.717, 1.165) is 4.57 Å². The van der Waals surface area contributed by atoms with Crippen LogP contribution in [0.1, 0.15) is 13.3 Å². The number of hydrogen-bond acceptors (Lipinski definition) is 4. The molecule has 13 heavy (non-hydrogen) atoms. The highest BCUT2D eigenvalue weighted by Crippen LogP contribution is 1.98. The lowest BCUT2D eigenvalue weighted by Gasteiger charge is -1.99. The predicted molar refractivity (Wildman–Crippen MR) is 44.5 cm³/mol. The summed E-state index contributed by atoms with van der Waals surface area (Å²) in [5, 5.41) is 9.76. The fourth-order valence-electron chi connectivity index (χ4n) is 0.941. The van der Waals surface area contributed by atoms with Gasteiger partial charge in [-0.3, -0.25) is 4.57 Å². The summed E-state index contributed by atoms with van der Waals surface area (Å²) in [7, 11) is -3.91. The third-order valence-corrected chi connectivity index (χ3v) is 2.25. The number of rotatable bonds is 3. The average Bonchev–Trinajstić information content (AvgIpc) is 2.32. The van der Waals surface area contributed by atoms with E-state index in [0.29, 0.717) is 6.42 Å². The summed E-state index contributed by atoms with van der Waals surface area (Å²) in [4.78, 5) is 11.0. The fourth-order valence-corrected chi connectivity index (χ4v) is 1.60. The topological polar surface area (TPSA) is 111 Å². The molecule has 0 amide bonds. The van der Waals surface area contributed by atoms with Crippen LogP contribution < -0.4 is 10.8 Å². The van der Waals surface area contributed by atoms with Gasteiger partial charge >= 0.3 is 5.69 Å². The standard InChI is InChI=1S/C5H10N4O3S/c1-2-3-9-4(10)7-8-5(9)13(6,11)12/h2-3H2,1H3,(H,7,10)(H2,6,11,12). The molecule has 0 bridgehead atoms. The first kappa shape index (κ1) is 9.93. The molecule has 7 nitrogen and oxygen atoms in total. The Morgan fingerprint density at radius 2 is 2.23 bits per heavy atom. The van der Waals surface area contributed by atoms with Gasteiger partial charge in [0.1, 0.15) is 0 Å². The summed E-state index contributed by atoms with van der Waals surface area (Å²) in [5.74, 6) is 0. The summed E-state index contributed by atoms with van der Waals surface area (Å²) in [6, 6.07) is 0. The third-order valence-electron chi connectivity index (χ3n) is 1.42. The normalized spacial score (nSPS) is 11.8. The molecule has 1 aromatic heterocycles. The second kappa shape index (κ2) is 3.30. The molecule has 0 saturated heterocycles. The molecule has 1 rings (SSSR count). The van der Waals surface area contributed by atoms with E-state index < -0.39 is 20.9 Å². The average molecular weight is 206 g/mol. The van der Waals surface area contributed by atoms with Crippen molar-refractivity contribution in [1.29, 1.82) is 0 Å². The minimum Gasteiger partial charge on any atom is -0.265 e. The van der Waals surface area contributed by atoms with Gasteiger partial charge in [0.05, 0.1) is 0 Å². The molecule has 8 heteroatoms. The summed E-state index contributed by atoms with van der Waals surface area (Å²) >= 11 is 0. The molecule has 0 aliphatic heterocycles. The molecule has 0 aromatic carbocycles. The number of hydrogen-bond donors (Lipinski definition) is 2. The van der Waals surface area contributed by atoms with E-state index >= 15 is 0 Å². The van der Waals surface area contributed by atoms with Gasteiger partial charge in [-0.25, -0.2) is 23.4 Å². The number of nitrogens with one attached hydrogen (secondary N) is 1. The zero-order valence-electron chi connectivity index (χ0n) is 7.02. The van der Waals surface area contributed by atoms with Crippen molar-refractivity contribution in [3.8, 4) is 0 Å². The highest BCUT2D eigenvalue weighted by molar-refractivity contribution is 7.89. The monoisotopic (exact) mass is 206 g/mol. The smallest absolute Gasteiger partial charge is 0.265 e. The quantitative estimate of drug-likeness (QED) is 0.635. The molecule has 0 aliphatic carbocycles. The van der Waals surface area contributed by atoms with Crippen LogP contribution in [0, 0.1) is 0 Å². The molecule has 3 N–H and O–H groups in total. The molecule has 1 heterocycles. The molecule has 0 fully saturated rings. The maximum Gasteiger partial charge on any atom is 0.344 e. The molecule has 0 radical (unpaired) electrons. The van der Waals surface area contributed by atoms with Gasteiger partial charge < -0.3 is 0 Å². The van der Waals surface area contributed by atoms with Crippen LogP contribution in [0.5, 0.6) is 0 Å². The van der Waals surface area contributed by atoms with E-state index in [1.165, 1.54) is 0 Å². The van der Waals surface area contributed by atoms with Crippen molar-refractivity contribution in [3.05, 3.63) is 10.5 Å². The van der Waals surface area contributed by atoms with Gasteiger partial charge in [-0.2, -0.15) is 0 Å². The summed E-state index contributed by atoms with van der Waals surface area (Å²) in [5.41, 5.74) is -0.564. The minimum atomic E-state index is -3.91. The van der Waals surface area contributed by atoms with Gasteiger partial charge in [0.2, 0.25) is 0 Å². The molecule has 0 unspecified atom stereocenters. The van der Waals surface area contributed by atoms with Crippen molar-refractivity contribution in [3.63, 3.8) is 0 Å². The number of aromatic nitrogens is 3. The van der Waals surface area contributed by atoms with Crippen LogP contribution in [-0.4, -0.2) is 23.2 Å². The molecule has 0 atom stereocenters. The van der Waals surface area contributed by atoms with E-state index in [-0.39, 0.29) is 6.54 Å². The second-order valence-corrected chi connectivity index (χ2v) is 3.96. The Hall–Kier alpha value is -1.15. The lowest BCUT2D eigenvalue weighted by Crippen LogP contribution is -2.24. The Morgan fingerprint density at radius 3 is 2.69 bits per heavy atom. The maximum absolute atomic E-state index is 11.0. The van der Waals surface area contributed by atoms with Crippen LogP contribution >= 0.6 is 0 Å².